The number of nitrogens with zero attached hydrogens (tertiary/aromatic N) is 3. The molecule has 2 aromatic rings. The summed E-state index contributed by atoms with van der Waals surface area (Å²) in [5.74, 6) is 1.95. The summed E-state index contributed by atoms with van der Waals surface area (Å²) in [7, 11) is 1.70. The highest BCUT2D eigenvalue weighted by Crippen LogP contribution is 2.60. The second-order valence-corrected chi connectivity index (χ2v) is 7.96. The Morgan fingerprint density at radius 3 is 2.44 bits per heavy atom. The Bertz CT molecular complexity index is 728. The van der Waals surface area contributed by atoms with Gasteiger partial charge in [-0.15, -0.1) is 0 Å². The Labute approximate surface area is 149 Å². The van der Waals surface area contributed by atoms with Gasteiger partial charge >= 0.3 is 0 Å². The van der Waals surface area contributed by atoms with Crippen molar-refractivity contribution in [2.24, 2.45) is 5.92 Å². The van der Waals surface area contributed by atoms with Gasteiger partial charge in [0.2, 0.25) is 0 Å². The fraction of sp³-hybridized carbons (Fsp3) is 0.550. The maximum atomic E-state index is 5.25. The number of ether oxygens (including phenoxy) is 1. The van der Waals surface area contributed by atoms with Gasteiger partial charge in [-0.1, -0.05) is 0 Å². The third kappa shape index (κ3) is 2.57. The van der Waals surface area contributed by atoms with E-state index in [1.807, 2.05) is 18.3 Å². The molecule has 3 aliphatic carbocycles. The first-order chi connectivity index (χ1) is 12.3. The number of H-pyrrole nitrogens is 1. The molecular formula is C20H26N4O. The number of aromatic nitrogens is 2. The van der Waals surface area contributed by atoms with Crippen molar-refractivity contribution < 1.29 is 4.74 Å². The topological polar surface area (TPSA) is 44.4 Å². The molecule has 132 valence electrons. The van der Waals surface area contributed by atoms with Crippen molar-refractivity contribution in [1.82, 2.24) is 20.0 Å². The predicted molar refractivity (Wildman–Crippen MR) is 97.5 cm³/mol. The van der Waals surface area contributed by atoms with Gasteiger partial charge < -0.3 is 4.74 Å². The number of rotatable bonds is 5. The van der Waals surface area contributed by atoms with Crippen molar-refractivity contribution in [2.45, 2.75) is 31.3 Å². The normalized spacial score (nSPS) is 29.1. The molecule has 1 aliphatic heterocycles. The molecule has 0 atom stereocenters. The van der Waals surface area contributed by atoms with Crippen LogP contribution < -0.4 is 4.74 Å². The lowest BCUT2D eigenvalue weighted by atomic mass is 9.49. The van der Waals surface area contributed by atoms with Crippen molar-refractivity contribution in [3.8, 4) is 17.0 Å². The molecule has 5 heteroatoms. The second kappa shape index (κ2) is 5.85. The summed E-state index contributed by atoms with van der Waals surface area (Å²) in [6.45, 7) is 5.76. The first kappa shape index (κ1) is 15.4. The standard InChI is InChI=1S/C20H26N4O/c1-25-18-4-2-16(3-5-18)19-17(13-21-22-19)14-23-6-8-24(9-7-23)20-10-15(11-20)12-20/h2-5,13,15H,6-12,14H2,1H3,(H,21,22). The summed E-state index contributed by atoms with van der Waals surface area (Å²) < 4.78 is 5.25. The van der Waals surface area contributed by atoms with E-state index < -0.39 is 0 Å². The maximum absolute atomic E-state index is 5.25. The summed E-state index contributed by atoms with van der Waals surface area (Å²) in [5.41, 5.74) is 4.20. The summed E-state index contributed by atoms with van der Waals surface area (Å²) in [6, 6.07) is 8.19. The molecule has 0 amide bonds. The van der Waals surface area contributed by atoms with Gasteiger partial charge in [0, 0.05) is 49.4 Å². The predicted octanol–water partition coefficient (Wildman–Crippen LogP) is 2.76. The Hall–Kier alpha value is -1.85. The molecule has 0 spiro atoms. The summed E-state index contributed by atoms with van der Waals surface area (Å²) in [4.78, 5) is 5.34. The number of methoxy groups -OCH3 is 1. The number of benzene rings is 1. The fourth-order valence-corrected chi connectivity index (χ4v) is 4.88. The lowest BCUT2D eigenvalue weighted by Crippen LogP contribution is -2.70. The van der Waals surface area contributed by atoms with E-state index in [9.17, 15) is 0 Å². The van der Waals surface area contributed by atoms with Crippen LogP contribution in [0.2, 0.25) is 0 Å². The lowest BCUT2D eigenvalue weighted by molar-refractivity contribution is -0.155. The second-order valence-electron chi connectivity index (χ2n) is 7.96. The van der Waals surface area contributed by atoms with Gasteiger partial charge in [0.15, 0.2) is 0 Å². The molecule has 6 rings (SSSR count). The zero-order chi connectivity index (χ0) is 16.9. The van der Waals surface area contributed by atoms with Gasteiger partial charge in [0.25, 0.3) is 0 Å². The highest BCUT2D eigenvalue weighted by Gasteiger charge is 2.59. The number of hydrogen-bond acceptors (Lipinski definition) is 4. The van der Waals surface area contributed by atoms with E-state index in [4.69, 9.17) is 4.74 Å². The van der Waals surface area contributed by atoms with Crippen molar-refractivity contribution in [1.29, 1.82) is 0 Å². The number of piperazine rings is 1. The maximum Gasteiger partial charge on any atom is 0.118 e. The summed E-state index contributed by atoms with van der Waals surface area (Å²) >= 11 is 0. The molecular weight excluding hydrogens is 312 g/mol. The minimum absolute atomic E-state index is 0.626. The van der Waals surface area contributed by atoms with E-state index in [1.165, 1.54) is 56.6 Å². The van der Waals surface area contributed by atoms with Gasteiger partial charge in [-0.25, -0.2) is 0 Å². The Kier molecular flexibility index (Phi) is 3.61. The minimum Gasteiger partial charge on any atom is -0.497 e. The molecule has 0 radical (unpaired) electrons. The molecule has 25 heavy (non-hydrogen) atoms. The van der Waals surface area contributed by atoms with Gasteiger partial charge in [0.05, 0.1) is 19.0 Å². The Morgan fingerprint density at radius 2 is 1.84 bits per heavy atom. The SMILES string of the molecule is COc1ccc(-c2[nH]ncc2CN2CCN(C34CC(C3)C4)CC2)cc1. The summed E-state index contributed by atoms with van der Waals surface area (Å²) in [6.07, 6.45) is 6.39. The van der Waals surface area contributed by atoms with Crippen LogP contribution in [0.5, 0.6) is 5.75 Å². The molecule has 0 unspecified atom stereocenters. The van der Waals surface area contributed by atoms with Crippen molar-refractivity contribution in [3.63, 3.8) is 0 Å². The summed E-state index contributed by atoms with van der Waals surface area (Å²) in [5, 5.41) is 7.48. The first-order valence-corrected chi connectivity index (χ1v) is 9.40. The fourth-order valence-electron chi connectivity index (χ4n) is 4.88. The van der Waals surface area contributed by atoms with Crippen LogP contribution in [-0.2, 0) is 6.54 Å². The van der Waals surface area contributed by atoms with Crippen LogP contribution in [0.4, 0.5) is 0 Å². The molecule has 4 fully saturated rings. The number of aromatic amines is 1. The smallest absolute Gasteiger partial charge is 0.118 e. The third-order valence-electron chi connectivity index (χ3n) is 6.54. The van der Waals surface area contributed by atoms with Crippen LogP contribution in [0.15, 0.2) is 30.5 Å². The minimum atomic E-state index is 0.626. The quantitative estimate of drug-likeness (QED) is 0.910. The molecule has 5 nitrogen and oxygen atoms in total. The average Bonchev–Trinajstić information content (AvgIpc) is 3.02. The molecule has 4 aliphatic rings. The van der Waals surface area contributed by atoms with Crippen LogP contribution in [0.25, 0.3) is 11.3 Å². The molecule has 1 saturated heterocycles. The first-order valence-electron chi connectivity index (χ1n) is 9.40. The van der Waals surface area contributed by atoms with Gasteiger partial charge in [-0.2, -0.15) is 5.10 Å². The van der Waals surface area contributed by atoms with Crippen molar-refractivity contribution in [2.75, 3.05) is 33.3 Å². The average molecular weight is 338 g/mol. The monoisotopic (exact) mass is 338 g/mol. The van der Waals surface area contributed by atoms with E-state index in [0.717, 1.165) is 23.9 Å². The molecule has 1 aromatic heterocycles. The van der Waals surface area contributed by atoms with Crippen molar-refractivity contribution >= 4 is 0 Å². The van der Waals surface area contributed by atoms with E-state index in [2.05, 4.69) is 32.1 Å². The molecule has 3 saturated carbocycles. The van der Waals surface area contributed by atoms with Crippen LogP contribution in [0.1, 0.15) is 24.8 Å². The van der Waals surface area contributed by atoms with Crippen LogP contribution >= 0.6 is 0 Å². The number of nitrogens with one attached hydrogen (secondary N) is 1. The zero-order valence-corrected chi connectivity index (χ0v) is 14.9. The molecule has 2 bridgehead atoms. The van der Waals surface area contributed by atoms with Crippen LogP contribution in [-0.4, -0.2) is 58.8 Å². The van der Waals surface area contributed by atoms with Gasteiger partial charge in [0.1, 0.15) is 5.75 Å². The van der Waals surface area contributed by atoms with E-state index in [1.54, 1.807) is 7.11 Å². The number of hydrogen-bond donors (Lipinski definition) is 1. The molecule has 1 aromatic carbocycles. The third-order valence-corrected chi connectivity index (χ3v) is 6.54. The lowest BCUT2D eigenvalue weighted by Gasteiger charge is -2.67. The Balaban J connectivity index is 1.24. The highest BCUT2D eigenvalue weighted by atomic mass is 16.5. The van der Waals surface area contributed by atoms with Gasteiger partial charge in [-0.05, 0) is 49.4 Å². The van der Waals surface area contributed by atoms with E-state index in [0.29, 0.717) is 5.54 Å². The largest absolute Gasteiger partial charge is 0.497 e. The highest BCUT2D eigenvalue weighted by molar-refractivity contribution is 5.63. The van der Waals surface area contributed by atoms with E-state index >= 15 is 0 Å². The van der Waals surface area contributed by atoms with E-state index in [-0.39, 0.29) is 0 Å². The molecule has 2 heterocycles. The Morgan fingerprint density at radius 1 is 1.12 bits per heavy atom. The van der Waals surface area contributed by atoms with Crippen LogP contribution in [0.3, 0.4) is 0 Å². The van der Waals surface area contributed by atoms with Crippen LogP contribution in [0, 0.1) is 5.92 Å². The van der Waals surface area contributed by atoms with Gasteiger partial charge in [-0.3, -0.25) is 14.9 Å². The zero-order valence-electron chi connectivity index (χ0n) is 14.9. The van der Waals surface area contributed by atoms with Crippen molar-refractivity contribution in [3.05, 3.63) is 36.0 Å². The molecule has 1 N–H and O–H groups in total.